The first kappa shape index (κ1) is 17.4. The molecular weight excluding hydrogens is 304 g/mol. The summed E-state index contributed by atoms with van der Waals surface area (Å²) in [6, 6.07) is 0.673. The van der Waals surface area contributed by atoms with Crippen LogP contribution >= 0.6 is 0 Å². The minimum Gasteiger partial charge on any atom is -0.457 e. The van der Waals surface area contributed by atoms with Crippen LogP contribution in [0.1, 0.15) is 32.1 Å². The smallest absolute Gasteiger partial charge is 0.306 e. The molecule has 0 saturated carbocycles. The summed E-state index contributed by atoms with van der Waals surface area (Å²) in [7, 11) is 4.28. The molecule has 0 aromatic rings. The van der Waals surface area contributed by atoms with Crippen molar-refractivity contribution in [3.63, 3.8) is 0 Å². The predicted octanol–water partition coefficient (Wildman–Crippen LogP) is 1.79. The number of esters is 1. The summed E-state index contributed by atoms with van der Waals surface area (Å²) < 4.78 is 5.31. The number of nitrogens with zero attached hydrogens (tertiary/aromatic N) is 2. The van der Waals surface area contributed by atoms with Crippen molar-refractivity contribution in [2.45, 2.75) is 44.2 Å². The van der Waals surface area contributed by atoms with E-state index in [0.717, 1.165) is 31.6 Å². The van der Waals surface area contributed by atoms with Crippen LogP contribution in [0, 0.1) is 5.92 Å². The van der Waals surface area contributed by atoms with E-state index in [-0.39, 0.29) is 23.8 Å². The average molecular weight is 332 g/mol. The first-order chi connectivity index (χ1) is 11.5. The number of ether oxygens (including phenoxy) is 1. The van der Waals surface area contributed by atoms with E-state index in [0.29, 0.717) is 18.9 Å². The van der Waals surface area contributed by atoms with E-state index in [1.807, 2.05) is 18.2 Å². The lowest BCUT2D eigenvalue weighted by Gasteiger charge is -2.35. The molecule has 2 heterocycles. The van der Waals surface area contributed by atoms with Gasteiger partial charge in [0.1, 0.15) is 6.10 Å². The van der Waals surface area contributed by atoms with Gasteiger partial charge in [-0.3, -0.25) is 9.59 Å². The highest BCUT2D eigenvalue weighted by molar-refractivity contribution is 5.98. The van der Waals surface area contributed by atoms with Gasteiger partial charge in [0, 0.05) is 36.9 Å². The lowest BCUT2D eigenvalue weighted by atomic mass is 9.86. The highest BCUT2D eigenvalue weighted by Gasteiger charge is 2.30. The van der Waals surface area contributed by atoms with Crippen LogP contribution in [-0.2, 0) is 14.3 Å². The third-order valence-electron chi connectivity index (χ3n) is 5.49. The number of ketones is 1. The number of likely N-dealkylation sites (tertiary alicyclic amines) is 1. The first-order valence-corrected chi connectivity index (χ1v) is 9.04. The Balaban J connectivity index is 1.46. The van der Waals surface area contributed by atoms with Gasteiger partial charge >= 0.3 is 5.97 Å². The van der Waals surface area contributed by atoms with Crippen LogP contribution in [0.4, 0.5) is 0 Å². The summed E-state index contributed by atoms with van der Waals surface area (Å²) in [5, 5.41) is 0. The summed E-state index contributed by atoms with van der Waals surface area (Å²) >= 11 is 0. The Bertz CT molecular complexity index is 545. The molecule has 132 valence electrons. The summed E-state index contributed by atoms with van der Waals surface area (Å²) in [6.45, 7) is 2.99. The van der Waals surface area contributed by atoms with Crippen LogP contribution in [-0.4, -0.2) is 67.4 Å². The Hall–Kier alpha value is -1.46. The Morgan fingerprint density at radius 2 is 2.04 bits per heavy atom. The van der Waals surface area contributed by atoms with E-state index in [1.165, 1.54) is 12.8 Å². The van der Waals surface area contributed by atoms with Crippen molar-refractivity contribution in [2.75, 3.05) is 33.7 Å². The number of rotatable bonds is 5. The standard InChI is InChI=1S/C19H28N2O3/c1-20(2)16-7-10-21(11-8-16)12-9-17(22)14-3-5-18-15(13-14)4-6-19(23)24-18/h3,5,13,15-16,18H,4,6-12H2,1-2H3. The van der Waals surface area contributed by atoms with Gasteiger partial charge in [-0.15, -0.1) is 0 Å². The fourth-order valence-corrected chi connectivity index (χ4v) is 3.84. The second kappa shape index (κ2) is 7.62. The molecule has 0 N–H and O–H groups in total. The average Bonchev–Trinajstić information content (AvgIpc) is 2.59. The van der Waals surface area contributed by atoms with Gasteiger partial charge in [-0.25, -0.2) is 0 Å². The maximum Gasteiger partial charge on any atom is 0.306 e. The monoisotopic (exact) mass is 332 g/mol. The topological polar surface area (TPSA) is 49.9 Å². The maximum atomic E-state index is 12.5. The fourth-order valence-electron chi connectivity index (χ4n) is 3.84. The van der Waals surface area contributed by atoms with Crippen molar-refractivity contribution >= 4 is 11.8 Å². The molecule has 2 atom stereocenters. The van der Waals surface area contributed by atoms with Gasteiger partial charge in [0.2, 0.25) is 0 Å². The van der Waals surface area contributed by atoms with Crippen molar-refractivity contribution in [3.05, 3.63) is 23.8 Å². The normalized spacial score (nSPS) is 28.5. The highest BCUT2D eigenvalue weighted by atomic mass is 16.5. The molecule has 5 heteroatoms. The van der Waals surface area contributed by atoms with Crippen LogP contribution in [0.25, 0.3) is 0 Å². The SMILES string of the molecule is CN(C)C1CCN(CCC(=O)C2=CC3CCC(=O)OC3C=C2)CC1. The van der Waals surface area contributed by atoms with Crippen LogP contribution in [0.15, 0.2) is 23.8 Å². The molecule has 2 saturated heterocycles. The second-order valence-corrected chi connectivity index (χ2v) is 7.35. The van der Waals surface area contributed by atoms with Crippen LogP contribution in [0.3, 0.4) is 0 Å². The van der Waals surface area contributed by atoms with Gasteiger partial charge in [-0.05, 0) is 52.5 Å². The Morgan fingerprint density at radius 3 is 2.75 bits per heavy atom. The summed E-state index contributed by atoms with van der Waals surface area (Å²) in [5.41, 5.74) is 0.789. The second-order valence-electron chi connectivity index (χ2n) is 7.35. The molecule has 5 nitrogen and oxygen atoms in total. The molecule has 2 fully saturated rings. The van der Waals surface area contributed by atoms with E-state index in [1.54, 1.807) is 0 Å². The minimum absolute atomic E-state index is 0.134. The summed E-state index contributed by atoms with van der Waals surface area (Å²) in [6.07, 6.45) is 9.71. The number of fused-ring (bicyclic) bond motifs is 1. The number of carbonyl (C=O) groups excluding carboxylic acids is 2. The van der Waals surface area contributed by atoms with Crippen LogP contribution in [0.2, 0.25) is 0 Å². The number of Topliss-reactive ketones (excluding diaryl/α,β-unsaturated/α-hetero) is 1. The van der Waals surface area contributed by atoms with Gasteiger partial charge in [0.05, 0.1) is 0 Å². The van der Waals surface area contributed by atoms with Crippen molar-refractivity contribution in [3.8, 4) is 0 Å². The number of hydrogen-bond donors (Lipinski definition) is 0. The first-order valence-electron chi connectivity index (χ1n) is 9.04. The number of allylic oxidation sites excluding steroid dienone is 2. The molecule has 0 amide bonds. The lowest BCUT2D eigenvalue weighted by Crippen LogP contribution is -2.42. The molecule has 1 aliphatic carbocycles. The molecule has 0 radical (unpaired) electrons. The Morgan fingerprint density at radius 1 is 1.29 bits per heavy atom. The van der Waals surface area contributed by atoms with E-state index in [4.69, 9.17) is 4.74 Å². The highest BCUT2D eigenvalue weighted by Crippen LogP contribution is 2.29. The zero-order valence-corrected chi connectivity index (χ0v) is 14.7. The molecule has 2 aliphatic heterocycles. The van der Waals surface area contributed by atoms with Crippen molar-refractivity contribution in [2.24, 2.45) is 5.92 Å². The molecule has 0 spiro atoms. The van der Waals surface area contributed by atoms with Crippen molar-refractivity contribution < 1.29 is 14.3 Å². The quantitative estimate of drug-likeness (QED) is 0.719. The van der Waals surface area contributed by atoms with Gasteiger partial charge in [0.15, 0.2) is 5.78 Å². The van der Waals surface area contributed by atoms with E-state index in [2.05, 4.69) is 23.9 Å². The molecule has 0 aromatic heterocycles. The number of hydrogen-bond acceptors (Lipinski definition) is 5. The van der Waals surface area contributed by atoms with Crippen molar-refractivity contribution in [1.29, 1.82) is 0 Å². The van der Waals surface area contributed by atoms with Crippen LogP contribution in [0.5, 0.6) is 0 Å². The molecule has 3 rings (SSSR count). The zero-order valence-electron chi connectivity index (χ0n) is 14.7. The Kier molecular flexibility index (Phi) is 5.51. The van der Waals surface area contributed by atoms with Crippen LogP contribution < -0.4 is 0 Å². The van der Waals surface area contributed by atoms with Gasteiger partial charge in [-0.2, -0.15) is 0 Å². The number of carbonyl (C=O) groups is 2. The molecular formula is C19H28N2O3. The molecule has 3 aliphatic rings. The van der Waals surface area contributed by atoms with Gasteiger partial charge in [-0.1, -0.05) is 12.2 Å². The van der Waals surface area contributed by atoms with E-state index < -0.39 is 0 Å². The summed E-state index contributed by atoms with van der Waals surface area (Å²) in [5.74, 6) is 0.240. The molecule has 0 bridgehead atoms. The third kappa shape index (κ3) is 4.14. The van der Waals surface area contributed by atoms with E-state index >= 15 is 0 Å². The fraction of sp³-hybridized carbons (Fsp3) is 0.684. The zero-order chi connectivity index (χ0) is 17.1. The van der Waals surface area contributed by atoms with Crippen molar-refractivity contribution in [1.82, 2.24) is 9.80 Å². The molecule has 24 heavy (non-hydrogen) atoms. The van der Waals surface area contributed by atoms with E-state index in [9.17, 15) is 9.59 Å². The van der Waals surface area contributed by atoms with Gasteiger partial charge < -0.3 is 14.5 Å². The minimum atomic E-state index is -0.173. The largest absolute Gasteiger partial charge is 0.457 e. The van der Waals surface area contributed by atoms with Gasteiger partial charge in [0.25, 0.3) is 0 Å². The summed E-state index contributed by atoms with van der Waals surface area (Å²) in [4.78, 5) is 28.5. The predicted molar refractivity (Wildman–Crippen MR) is 92.6 cm³/mol. The number of piperidine rings is 1. The molecule has 2 unspecified atom stereocenters. The third-order valence-corrected chi connectivity index (χ3v) is 5.49. The lowest BCUT2D eigenvalue weighted by molar-refractivity contribution is -0.153. The Labute approximate surface area is 144 Å². The molecule has 0 aromatic carbocycles. The maximum absolute atomic E-state index is 12.5.